The molecule has 2 aromatic carbocycles. The number of hydrogen-bond donors (Lipinski definition) is 0. The number of esters is 1. The van der Waals surface area contributed by atoms with E-state index >= 15 is 0 Å². The van der Waals surface area contributed by atoms with Gasteiger partial charge >= 0.3 is 5.97 Å². The zero-order valence-corrected chi connectivity index (χ0v) is 16.1. The van der Waals surface area contributed by atoms with Crippen molar-refractivity contribution in [2.45, 2.75) is 39.4 Å². The lowest BCUT2D eigenvalue weighted by Gasteiger charge is -2.27. The van der Waals surface area contributed by atoms with E-state index < -0.39 is 25.1 Å². The number of rotatable bonds is 7. The molecule has 0 bridgehead atoms. The van der Waals surface area contributed by atoms with Crippen molar-refractivity contribution in [3.63, 3.8) is 0 Å². The van der Waals surface area contributed by atoms with Gasteiger partial charge in [0.05, 0.1) is 15.1 Å². The van der Waals surface area contributed by atoms with Crippen LogP contribution in [0.1, 0.15) is 44.5 Å². The summed E-state index contributed by atoms with van der Waals surface area (Å²) < 4.78 is 38.8. The average molecular weight is 386 g/mol. The summed E-state index contributed by atoms with van der Waals surface area (Å²) in [6, 6.07) is 11.0. The summed E-state index contributed by atoms with van der Waals surface area (Å²) in [6.07, 6.45) is -1.59. The van der Waals surface area contributed by atoms with Crippen LogP contribution in [0.5, 0.6) is 17.2 Å². The van der Waals surface area contributed by atoms with Crippen molar-refractivity contribution in [3.05, 3.63) is 53.1 Å². The van der Waals surface area contributed by atoms with Crippen molar-refractivity contribution >= 4 is 11.8 Å². The van der Waals surface area contributed by atoms with Crippen LogP contribution in [-0.2, 0) is 22.5 Å². The van der Waals surface area contributed by atoms with Crippen molar-refractivity contribution in [1.82, 2.24) is 0 Å². The van der Waals surface area contributed by atoms with Gasteiger partial charge in [0.2, 0.25) is 0 Å². The largest absolute Gasteiger partial charge is 0.496 e. The maximum Gasteiger partial charge on any atom is 0.302 e. The Morgan fingerprint density at radius 2 is 2.04 bits per heavy atom. The molecule has 3 rings (SSSR count). The maximum absolute atomic E-state index is 12.7. The van der Waals surface area contributed by atoms with Crippen LogP contribution in [-0.4, -0.2) is 31.5 Å². The predicted molar refractivity (Wildman–Crippen MR) is 103 cm³/mol. The van der Waals surface area contributed by atoms with Gasteiger partial charge in [-0.3, -0.25) is 9.59 Å². The second kappa shape index (κ2) is 8.78. The maximum atomic E-state index is 12.7. The lowest BCUT2D eigenvalue weighted by molar-refractivity contribution is -0.140. The Morgan fingerprint density at radius 1 is 1.29 bits per heavy atom. The van der Waals surface area contributed by atoms with E-state index in [1.807, 2.05) is 30.3 Å². The summed E-state index contributed by atoms with van der Waals surface area (Å²) in [5.74, 6) is -0.203. The third-order valence-electron chi connectivity index (χ3n) is 4.24. The van der Waals surface area contributed by atoms with Crippen LogP contribution in [0.15, 0.2) is 36.4 Å². The number of ether oxygens (including phenoxy) is 4. The molecule has 3 unspecified atom stereocenters. The Balaban J connectivity index is 2.10. The first-order valence-electron chi connectivity index (χ1n) is 10.1. The lowest BCUT2D eigenvalue weighted by atomic mass is 9.95. The molecule has 6 nitrogen and oxygen atoms in total. The van der Waals surface area contributed by atoms with Gasteiger partial charge in [0.25, 0.3) is 0 Å². The molecule has 0 aliphatic carbocycles. The summed E-state index contributed by atoms with van der Waals surface area (Å²) >= 11 is 0. The Hall–Kier alpha value is -3.02. The highest BCUT2D eigenvalue weighted by Crippen LogP contribution is 2.43. The van der Waals surface area contributed by atoms with Crippen LogP contribution >= 0.6 is 0 Å². The fourth-order valence-electron chi connectivity index (χ4n) is 2.99. The number of fused-ring (bicyclic) bond motifs is 1. The van der Waals surface area contributed by atoms with Crippen molar-refractivity contribution in [3.8, 4) is 17.2 Å². The highest BCUT2D eigenvalue weighted by Gasteiger charge is 2.32. The van der Waals surface area contributed by atoms with E-state index in [-0.39, 0.29) is 47.2 Å². The minimum Gasteiger partial charge on any atom is -0.496 e. The van der Waals surface area contributed by atoms with E-state index in [9.17, 15) is 9.59 Å². The molecule has 3 atom stereocenters. The molecule has 2 aromatic rings. The van der Waals surface area contributed by atoms with Gasteiger partial charge in [0, 0.05) is 32.7 Å². The molecule has 0 fully saturated rings. The number of Topliss-reactive ketones (excluding diaryl/α,β-unsaturated/α-hetero) is 1. The van der Waals surface area contributed by atoms with E-state index in [4.69, 9.17) is 21.7 Å². The third-order valence-corrected chi connectivity index (χ3v) is 4.24. The fourth-order valence-corrected chi connectivity index (χ4v) is 2.99. The fraction of sp³-hybridized carbons (Fsp3) is 0.364. The first-order chi connectivity index (χ1) is 14.3. The van der Waals surface area contributed by atoms with E-state index in [2.05, 4.69) is 0 Å². The molecule has 0 saturated carbocycles. The number of benzene rings is 2. The van der Waals surface area contributed by atoms with Gasteiger partial charge in [0.1, 0.15) is 35.5 Å². The Labute approximate surface area is 167 Å². The molecule has 28 heavy (non-hydrogen) atoms. The quantitative estimate of drug-likeness (QED) is 0.675. The van der Waals surface area contributed by atoms with Crippen molar-refractivity contribution < 1.29 is 31.3 Å². The van der Waals surface area contributed by atoms with E-state index in [0.29, 0.717) is 0 Å². The number of methoxy groups -OCH3 is 1. The van der Waals surface area contributed by atoms with Crippen LogP contribution in [0.2, 0.25) is 0 Å². The third kappa shape index (κ3) is 4.44. The molecule has 0 amide bonds. The van der Waals surface area contributed by atoms with Crippen molar-refractivity contribution in [2.75, 3.05) is 13.7 Å². The molecule has 1 aliphatic heterocycles. The molecular formula is C22H24O6. The standard InChI is InChI=1S/C22H24O6/c1-14-11-18(24)21-20(25-3)12-19(27-13-16-7-5-4-6-8-16)17(22(21)28-14)9-10-26-15(2)23/h4-8,12,14H,9-11,13H2,1-3H3/i9D,10D. The molecular weight excluding hydrogens is 360 g/mol. The second-order valence-corrected chi connectivity index (χ2v) is 6.44. The number of hydrogen-bond acceptors (Lipinski definition) is 6. The zero-order chi connectivity index (χ0) is 21.8. The summed E-state index contributed by atoms with van der Waals surface area (Å²) in [6.45, 7) is 1.60. The topological polar surface area (TPSA) is 71.1 Å². The normalized spacial score (nSPS) is 18.7. The van der Waals surface area contributed by atoms with Crippen molar-refractivity contribution in [2.24, 2.45) is 0 Å². The van der Waals surface area contributed by atoms with Gasteiger partial charge in [0.15, 0.2) is 5.78 Å². The smallest absolute Gasteiger partial charge is 0.302 e. The van der Waals surface area contributed by atoms with Crippen molar-refractivity contribution in [1.29, 1.82) is 0 Å². The number of carbonyl (C=O) groups excluding carboxylic acids is 2. The minimum absolute atomic E-state index is 0.144. The Kier molecular flexibility index (Phi) is 5.36. The van der Waals surface area contributed by atoms with Crippen LogP contribution < -0.4 is 14.2 Å². The van der Waals surface area contributed by atoms with E-state index in [0.717, 1.165) is 5.56 Å². The minimum atomic E-state index is -1.52. The first-order valence-corrected chi connectivity index (χ1v) is 8.95. The number of ketones is 1. The van der Waals surface area contributed by atoms with Crippen LogP contribution in [0.4, 0.5) is 0 Å². The summed E-state index contributed by atoms with van der Waals surface area (Å²) in [5.41, 5.74) is 1.29. The van der Waals surface area contributed by atoms with Crippen LogP contribution in [0, 0.1) is 0 Å². The van der Waals surface area contributed by atoms with Gasteiger partial charge in [-0.2, -0.15) is 0 Å². The predicted octanol–water partition coefficient (Wildman–Crippen LogP) is 3.73. The SMILES string of the molecule is [2H]C(OC(C)=O)C([2H])c1c(OCc2ccccc2)cc(OC)c2c1OC(C)CC2=O. The molecule has 0 spiro atoms. The Morgan fingerprint density at radius 3 is 2.71 bits per heavy atom. The highest BCUT2D eigenvalue weighted by atomic mass is 16.5. The van der Waals surface area contributed by atoms with Gasteiger partial charge in [-0.25, -0.2) is 0 Å². The highest BCUT2D eigenvalue weighted by molar-refractivity contribution is 6.03. The lowest BCUT2D eigenvalue weighted by Crippen LogP contribution is -2.26. The monoisotopic (exact) mass is 386 g/mol. The Bertz CT molecular complexity index is 931. The second-order valence-electron chi connectivity index (χ2n) is 6.44. The van der Waals surface area contributed by atoms with Gasteiger partial charge in [-0.05, 0) is 12.5 Å². The van der Waals surface area contributed by atoms with Gasteiger partial charge in [-0.15, -0.1) is 0 Å². The zero-order valence-electron chi connectivity index (χ0n) is 18.1. The van der Waals surface area contributed by atoms with Crippen LogP contribution in [0.25, 0.3) is 0 Å². The summed E-state index contributed by atoms with van der Waals surface area (Å²) in [7, 11) is 1.44. The van der Waals surface area contributed by atoms with Gasteiger partial charge < -0.3 is 18.9 Å². The van der Waals surface area contributed by atoms with Gasteiger partial charge in [-0.1, -0.05) is 30.3 Å². The first kappa shape index (κ1) is 17.1. The molecule has 0 aromatic heterocycles. The molecule has 0 N–H and O–H groups in total. The summed E-state index contributed by atoms with van der Waals surface area (Å²) in [5, 5.41) is 0. The molecule has 1 heterocycles. The van der Waals surface area contributed by atoms with E-state index in [1.165, 1.54) is 20.1 Å². The molecule has 0 radical (unpaired) electrons. The summed E-state index contributed by atoms with van der Waals surface area (Å²) in [4.78, 5) is 24.0. The molecule has 0 saturated heterocycles. The average Bonchev–Trinajstić information content (AvgIpc) is 2.70. The van der Waals surface area contributed by atoms with E-state index in [1.54, 1.807) is 6.92 Å². The van der Waals surface area contributed by atoms with Crippen LogP contribution in [0.3, 0.4) is 0 Å². The molecule has 6 heteroatoms. The number of carbonyl (C=O) groups is 2. The molecule has 1 aliphatic rings. The molecule has 148 valence electrons.